The predicted molar refractivity (Wildman–Crippen MR) is 106 cm³/mol. The Morgan fingerprint density at radius 2 is 1.82 bits per heavy atom. The van der Waals surface area contributed by atoms with Crippen LogP contribution in [0.4, 0.5) is 0 Å². The van der Waals surface area contributed by atoms with E-state index in [4.69, 9.17) is 9.84 Å². The highest BCUT2D eigenvalue weighted by Crippen LogP contribution is 2.31. The average molecular weight is 374 g/mol. The van der Waals surface area contributed by atoms with Gasteiger partial charge < -0.3 is 19.9 Å². The average Bonchev–Trinajstić information content (AvgIpc) is 3.16. The van der Waals surface area contributed by atoms with E-state index in [1.54, 1.807) is 19.2 Å². The molecule has 140 valence electrons. The van der Waals surface area contributed by atoms with Crippen LogP contribution in [0.25, 0.3) is 22.4 Å². The van der Waals surface area contributed by atoms with Crippen LogP contribution in [0.5, 0.6) is 5.75 Å². The summed E-state index contributed by atoms with van der Waals surface area (Å²) in [4.78, 5) is 18.8. The normalized spacial score (nSPS) is 12.1. The molecule has 4 aromatic rings. The van der Waals surface area contributed by atoms with Crippen molar-refractivity contribution < 1.29 is 19.7 Å². The lowest BCUT2D eigenvalue weighted by atomic mass is 9.99. The Labute approximate surface area is 161 Å². The first kappa shape index (κ1) is 17.8. The first-order valence-corrected chi connectivity index (χ1v) is 8.71. The molecule has 0 aliphatic rings. The quantitative estimate of drug-likeness (QED) is 0.490. The number of imidazole rings is 1. The van der Waals surface area contributed by atoms with Gasteiger partial charge in [0.25, 0.3) is 0 Å². The molecule has 0 saturated carbocycles. The maximum atomic E-state index is 11.1. The Morgan fingerprint density at radius 1 is 1.07 bits per heavy atom. The van der Waals surface area contributed by atoms with Gasteiger partial charge in [-0.05, 0) is 29.8 Å². The molecule has 0 aliphatic heterocycles. The van der Waals surface area contributed by atoms with Crippen LogP contribution in [0.3, 0.4) is 0 Å². The molecule has 0 fully saturated rings. The van der Waals surface area contributed by atoms with E-state index in [2.05, 4.69) is 9.97 Å². The first-order chi connectivity index (χ1) is 13.6. The second-order valence-electron chi connectivity index (χ2n) is 6.39. The fourth-order valence-corrected chi connectivity index (χ4v) is 3.17. The molecule has 1 heterocycles. The van der Waals surface area contributed by atoms with Crippen LogP contribution in [-0.4, -0.2) is 33.3 Å². The molecular formula is C22H18N2O4. The van der Waals surface area contributed by atoms with Gasteiger partial charge in [-0.15, -0.1) is 0 Å². The largest absolute Gasteiger partial charge is 0.496 e. The number of nitrogens with zero attached hydrogens (tertiary/aromatic N) is 1. The lowest BCUT2D eigenvalue weighted by molar-refractivity contribution is 0.0697. The van der Waals surface area contributed by atoms with Crippen LogP contribution >= 0.6 is 0 Å². The molecule has 1 unspecified atom stereocenters. The number of nitrogens with one attached hydrogen (secondary N) is 1. The van der Waals surface area contributed by atoms with Crippen molar-refractivity contribution in [3.8, 4) is 17.1 Å². The number of fused-ring (bicyclic) bond motifs is 1. The fourth-order valence-electron chi connectivity index (χ4n) is 3.17. The summed E-state index contributed by atoms with van der Waals surface area (Å²) in [6, 6.07) is 19.5. The van der Waals surface area contributed by atoms with E-state index < -0.39 is 12.1 Å². The zero-order valence-electron chi connectivity index (χ0n) is 15.1. The first-order valence-electron chi connectivity index (χ1n) is 8.71. The number of aromatic nitrogens is 2. The number of carboxylic acid groups (broad SMARTS) is 1. The van der Waals surface area contributed by atoms with Gasteiger partial charge in [0.05, 0.1) is 23.7 Å². The number of aliphatic hydroxyl groups excluding tert-OH is 1. The van der Waals surface area contributed by atoms with E-state index in [0.717, 1.165) is 11.1 Å². The minimum atomic E-state index is -0.979. The fraction of sp³-hybridized carbons (Fsp3) is 0.0909. The Hall–Kier alpha value is -3.64. The standard InChI is InChI=1S/C22H18N2O4/c1-28-19-5-3-2-4-16(19)20(25)13-6-8-14(9-7-13)21-23-17-11-10-15(22(26)27)12-18(17)24-21/h2-12,20,25H,1H3,(H,23,24)(H,26,27). The third-order valence-electron chi connectivity index (χ3n) is 4.66. The summed E-state index contributed by atoms with van der Waals surface area (Å²) < 4.78 is 5.32. The molecule has 0 spiro atoms. The highest BCUT2D eigenvalue weighted by molar-refractivity contribution is 5.93. The molecule has 28 heavy (non-hydrogen) atoms. The molecule has 0 radical (unpaired) electrons. The minimum absolute atomic E-state index is 0.206. The number of aliphatic hydroxyl groups is 1. The van der Waals surface area contributed by atoms with Crippen LogP contribution in [-0.2, 0) is 0 Å². The summed E-state index contributed by atoms with van der Waals surface area (Å²) in [7, 11) is 1.58. The van der Waals surface area contributed by atoms with Crippen molar-refractivity contribution >= 4 is 17.0 Å². The SMILES string of the molecule is COc1ccccc1C(O)c1ccc(-c2nc3ccc(C(=O)O)cc3[nH]2)cc1. The number of ether oxygens (including phenoxy) is 1. The van der Waals surface area contributed by atoms with E-state index in [1.165, 1.54) is 6.07 Å². The molecule has 6 heteroatoms. The van der Waals surface area contributed by atoms with Crippen molar-refractivity contribution in [3.05, 3.63) is 83.4 Å². The summed E-state index contributed by atoms with van der Waals surface area (Å²) in [5, 5.41) is 19.8. The number of hydrogen-bond donors (Lipinski definition) is 3. The number of methoxy groups -OCH3 is 1. The summed E-state index contributed by atoms with van der Waals surface area (Å²) in [6.07, 6.45) is -0.806. The van der Waals surface area contributed by atoms with Gasteiger partial charge in [-0.2, -0.15) is 0 Å². The zero-order valence-corrected chi connectivity index (χ0v) is 15.1. The molecule has 3 aromatic carbocycles. The molecule has 0 amide bonds. The number of aromatic amines is 1. The van der Waals surface area contributed by atoms with Crippen LogP contribution in [0.1, 0.15) is 27.6 Å². The lowest BCUT2D eigenvalue weighted by Gasteiger charge is -2.15. The van der Waals surface area contributed by atoms with Gasteiger partial charge in [0.1, 0.15) is 17.7 Å². The monoisotopic (exact) mass is 374 g/mol. The van der Waals surface area contributed by atoms with Crippen molar-refractivity contribution in [2.45, 2.75) is 6.10 Å². The van der Waals surface area contributed by atoms with E-state index in [1.807, 2.05) is 48.5 Å². The number of para-hydroxylation sites is 1. The van der Waals surface area contributed by atoms with Gasteiger partial charge in [-0.25, -0.2) is 9.78 Å². The second kappa shape index (κ2) is 7.17. The van der Waals surface area contributed by atoms with Gasteiger partial charge in [-0.3, -0.25) is 0 Å². The second-order valence-corrected chi connectivity index (χ2v) is 6.39. The maximum absolute atomic E-state index is 11.1. The van der Waals surface area contributed by atoms with E-state index in [0.29, 0.717) is 28.2 Å². The molecule has 1 aromatic heterocycles. The Kier molecular flexibility index (Phi) is 4.55. The van der Waals surface area contributed by atoms with Crippen molar-refractivity contribution in [3.63, 3.8) is 0 Å². The number of benzene rings is 3. The van der Waals surface area contributed by atoms with Crippen molar-refractivity contribution in [1.82, 2.24) is 9.97 Å². The highest BCUT2D eigenvalue weighted by atomic mass is 16.5. The van der Waals surface area contributed by atoms with Gasteiger partial charge in [0, 0.05) is 11.1 Å². The number of H-pyrrole nitrogens is 1. The Balaban J connectivity index is 1.64. The smallest absolute Gasteiger partial charge is 0.335 e. The lowest BCUT2D eigenvalue weighted by Crippen LogP contribution is -2.02. The third kappa shape index (κ3) is 3.21. The molecule has 1 atom stereocenters. The van der Waals surface area contributed by atoms with Crippen molar-refractivity contribution in [2.24, 2.45) is 0 Å². The Bertz CT molecular complexity index is 1150. The summed E-state index contributed by atoms with van der Waals surface area (Å²) in [5.74, 6) is 0.286. The van der Waals surface area contributed by atoms with Crippen LogP contribution in [0, 0.1) is 0 Å². The zero-order chi connectivity index (χ0) is 19.7. The number of carbonyl (C=O) groups is 1. The molecule has 0 saturated heterocycles. The van der Waals surface area contributed by atoms with Gasteiger partial charge >= 0.3 is 5.97 Å². The molecule has 4 rings (SSSR count). The van der Waals surface area contributed by atoms with Crippen LogP contribution in [0.15, 0.2) is 66.7 Å². The number of hydrogen-bond acceptors (Lipinski definition) is 4. The van der Waals surface area contributed by atoms with E-state index in [9.17, 15) is 9.90 Å². The third-order valence-corrected chi connectivity index (χ3v) is 4.66. The maximum Gasteiger partial charge on any atom is 0.335 e. The molecule has 6 nitrogen and oxygen atoms in total. The van der Waals surface area contributed by atoms with Crippen LogP contribution in [0.2, 0.25) is 0 Å². The summed E-state index contributed by atoms with van der Waals surface area (Å²) in [6.45, 7) is 0. The van der Waals surface area contributed by atoms with Gasteiger partial charge in [0.2, 0.25) is 0 Å². The summed E-state index contributed by atoms with van der Waals surface area (Å²) in [5.41, 5.74) is 3.83. The molecule has 0 bridgehead atoms. The topological polar surface area (TPSA) is 95.4 Å². The van der Waals surface area contributed by atoms with E-state index in [-0.39, 0.29) is 5.56 Å². The van der Waals surface area contributed by atoms with E-state index >= 15 is 0 Å². The van der Waals surface area contributed by atoms with Gasteiger partial charge in [-0.1, -0.05) is 42.5 Å². The summed E-state index contributed by atoms with van der Waals surface area (Å²) >= 11 is 0. The van der Waals surface area contributed by atoms with Crippen molar-refractivity contribution in [2.75, 3.05) is 7.11 Å². The molecule has 3 N–H and O–H groups in total. The van der Waals surface area contributed by atoms with Crippen LogP contribution < -0.4 is 4.74 Å². The molecule has 0 aliphatic carbocycles. The number of carboxylic acids is 1. The number of rotatable bonds is 5. The minimum Gasteiger partial charge on any atom is -0.496 e. The van der Waals surface area contributed by atoms with Gasteiger partial charge in [0.15, 0.2) is 0 Å². The molecular weight excluding hydrogens is 356 g/mol. The predicted octanol–water partition coefficient (Wildman–Crippen LogP) is 4.02. The van der Waals surface area contributed by atoms with Crippen molar-refractivity contribution in [1.29, 1.82) is 0 Å². The highest BCUT2D eigenvalue weighted by Gasteiger charge is 2.15. The Morgan fingerprint density at radius 3 is 2.54 bits per heavy atom. The number of aromatic carboxylic acids is 1.